The summed E-state index contributed by atoms with van der Waals surface area (Å²) in [5, 5.41) is 0. The van der Waals surface area contributed by atoms with Crippen LogP contribution in [0, 0.1) is 0 Å². The highest BCUT2D eigenvalue weighted by Gasteiger charge is 2.19. The second kappa shape index (κ2) is 6.44. The summed E-state index contributed by atoms with van der Waals surface area (Å²) >= 11 is 1.19. The Morgan fingerprint density at radius 3 is 2.61 bits per heavy atom. The summed E-state index contributed by atoms with van der Waals surface area (Å²) in [6.07, 6.45) is 4.70. The molecule has 2 aromatic heterocycles. The van der Waals surface area contributed by atoms with E-state index in [2.05, 4.69) is 14.5 Å². The second-order valence-electron chi connectivity index (χ2n) is 3.29. The van der Waals surface area contributed by atoms with E-state index >= 15 is 0 Å². The quantitative estimate of drug-likeness (QED) is 0.451. The summed E-state index contributed by atoms with van der Waals surface area (Å²) in [6.45, 7) is 0.174. The number of rotatable bonds is 4. The van der Waals surface area contributed by atoms with Crippen molar-refractivity contribution in [2.75, 3.05) is 6.16 Å². The molecule has 2 heterocycles. The van der Waals surface area contributed by atoms with Crippen molar-refractivity contribution in [2.24, 2.45) is 0 Å². The number of hydrogen-bond acceptors (Lipinski definition) is 5. The highest BCUT2D eigenvalue weighted by Crippen LogP contribution is 2.33. The molecule has 0 saturated heterocycles. The lowest BCUT2D eigenvalue weighted by Gasteiger charge is -1.96. The molecule has 18 heavy (non-hydrogen) atoms. The molecule has 0 fully saturated rings. The maximum absolute atomic E-state index is 10.7. The van der Waals surface area contributed by atoms with Crippen LogP contribution >= 0.6 is 19.1 Å². The van der Waals surface area contributed by atoms with Crippen molar-refractivity contribution in [2.45, 2.75) is 6.54 Å². The lowest BCUT2D eigenvalue weighted by atomic mass is 10.5. The van der Waals surface area contributed by atoms with Crippen molar-refractivity contribution >= 4 is 19.1 Å². The molecular formula is C8H10BrN4O3PS. The fraction of sp³-hybridized carbons (Fsp3) is 0.250. The Kier molecular flexibility index (Phi) is 5.48. The SMILES string of the molecule is O=P(O)(O)CC[n+]1cc(-c2ncccn2)sn1.[Br-]. The molecule has 2 N–H and O–H groups in total. The predicted molar refractivity (Wildman–Crippen MR) is 60.2 cm³/mol. The van der Waals surface area contributed by atoms with Gasteiger partial charge < -0.3 is 26.8 Å². The third-order valence-electron chi connectivity index (χ3n) is 1.92. The first-order valence-corrected chi connectivity index (χ1v) is 7.30. The minimum Gasteiger partial charge on any atom is -1.00 e. The Morgan fingerprint density at radius 1 is 1.33 bits per heavy atom. The average molecular weight is 353 g/mol. The molecule has 0 aromatic carbocycles. The standard InChI is InChI=1S/C8H9N4O3PS.BrH/c13-16(14,15)5-4-12-6-7(17-11-12)8-9-2-1-3-10-8;/h1-3,6H,4-5H2,(H-,13,14,15);1H. The van der Waals surface area contributed by atoms with Gasteiger partial charge in [0.15, 0.2) is 17.2 Å². The van der Waals surface area contributed by atoms with Crippen LogP contribution in [0.25, 0.3) is 10.7 Å². The first-order chi connectivity index (χ1) is 8.04. The van der Waals surface area contributed by atoms with Gasteiger partial charge in [-0.1, -0.05) is 4.68 Å². The topological polar surface area (TPSA) is 100 Å². The summed E-state index contributed by atoms with van der Waals surface area (Å²) in [4.78, 5) is 26.4. The van der Waals surface area contributed by atoms with Gasteiger partial charge in [-0.2, -0.15) is 0 Å². The number of nitrogens with zero attached hydrogens (tertiary/aromatic N) is 4. The monoisotopic (exact) mass is 352 g/mol. The molecule has 98 valence electrons. The Bertz CT molecular complexity index is 546. The van der Waals surface area contributed by atoms with Crippen LogP contribution in [0.3, 0.4) is 0 Å². The van der Waals surface area contributed by atoms with E-state index in [0.717, 1.165) is 4.88 Å². The zero-order valence-corrected chi connectivity index (χ0v) is 12.3. The molecule has 0 unspecified atom stereocenters. The molecule has 0 aliphatic carbocycles. The van der Waals surface area contributed by atoms with Gasteiger partial charge in [0.25, 0.3) is 0 Å². The number of aryl methyl sites for hydroxylation is 1. The molecule has 2 aromatic rings. The maximum Gasteiger partial charge on any atom is 0.332 e. The smallest absolute Gasteiger partial charge is 0.332 e. The first kappa shape index (κ1) is 15.3. The predicted octanol–water partition coefficient (Wildman–Crippen LogP) is -2.93. The average Bonchev–Trinajstić information content (AvgIpc) is 2.75. The van der Waals surface area contributed by atoms with E-state index in [1.807, 2.05) is 0 Å². The van der Waals surface area contributed by atoms with Gasteiger partial charge in [0.1, 0.15) is 6.16 Å². The molecule has 0 aliphatic rings. The van der Waals surface area contributed by atoms with E-state index in [1.54, 1.807) is 24.7 Å². The highest BCUT2D eigenvalue weighted by molar-refractivity contribution is 7.51. The normalized spacial score (nSPS) is 11.0. The summed E-state index contributed by atoms with van der Waals surface area (Å²) in [5.74, 6) is 0.555. The summed E-state index contributed by atoms with van der Waals surface area (Å²) < 4.78 is 16.2. The Morgan fingerprint density at radius 2 is 2.00 bits per heavy atom. The van der Waals surface area contributed by atoms with Crippen LogP contribution in [0.1, 0.15) is 0 Å². The summed E-state index contributed by atoms with van der Waals surface area (Å²) in [5.41, 5.74) is 0. The van der Waals surface area contributed by atoms with E-state index in [-0.39, 0.29) is 29.7 Å². The largest absolute Gasteiger partial charge is 1.00 e. The maximum atomic E-state index is 10.7. The Balaban J connectivity index is 0.00000162. The fourth-order valence-corrected chi connectivity index (χ4v) is 2.28. The molecule has 0 saturated carbocycles. The van der Waals surface area contributed by atoms with Gasteiger partial charge in [0.05, 0.1) is 4.49 Å². The molecule has 2 rings (SSSR count). The number of hydrogen-bond donors (Lipinski definition) is 2. The van der Waals surface area contributed by atoms with Crippen LogP contribution in [0.2, 0.25) is 0 Å². The third-order valence-corrected chi connectivity index (χ3v) is 3.48. The molecule has 0 bridgehead atoms. The van der Waals surface area contributed by atoms with Gasteiger partial charge in [-0.05, 0) is 6.07 Å². The molecule has 10 heteroatoms. The van der Waals surface area contributed by atoms with E-state index in [4.69, 9.17) is 9.79 Å². The number of aromatic nitrogens is 4. The highest BCUT2D eigenvalue weighted by atomic mass is 79.9. The van der Waals surface area contributed by atoms with Crippen molar-refractivity contribution in [1.29, 1.82) is 0 Å². The van der Waals surface area contributed by atoms with Crippen molar-refractivity contribution in [3.8, 4) is 10.7 Å². The summed E-state index contributed by atoms with van der Waals surface area (Å²) in [6, 6.07) is 1.71. The third kappa shape index (κ3) is 4.51. The molecule has 0 radical (unpaired) electrons. The van der Waals surface area contributed by atoms with E-state index in [1.165, 1.54) is 16.2 Å². The summed E-state index contributed by atoms with van der Waals surface area (Å²) in [7, 11) is -3.98. The molecule has 0 amide bonds. The lowest BCUT2D eigenvalue weighted by Crippen LogP contribution is -3.00. The molecule has 0 aliphatic heterocycles. The first-order valence-electron chi connectivity index (χ1n) is 4.73. The van der Waals surface area contributed by atoms with Crippen LogP contribution in [-0.2, 0) is 11.1 Å². The minimum absolute atomic E-state index is 0. The fourth-order valence-electron chi connectivity index (χ4n) is 1.14. The van der Waals surface area contributed by atoms with Crippen LogP contribution < -0.4 is 21.7 Å². The van der Waals surface area contributed by atoms with E-state index in [0.29, 0.717) is 5.82 Å². The van der Waals surface area contributed by atoms with Crippen LogP contribution in [0.4, 0.5) is 0 Å². The Labute approximate surface area is 118 Å². The second-order valence-corrected chi connectivity index (χ2v) is 5.85. The lowest BCUT2D eigenvalue weighted by molar-refractivity contribution is -0.742. The molecule has 0 atom stereocenters. The van der Waals surface area contributed by atoms with Gasteiger partial charge in [-0.25, -0.2) is 9.97 Å². The van der Waals surface area contributed by atoms with Crippen molar-refractivity contribution < 1.29 is 36.0 Å². The van der Waals surface area contributed by atoms with Gasteiger partial charge in [0, 0.05) is 23.9 Å². The van der Waals surface area contributed by atoms with Gasteiger partial charge >= 0.3 is 7.60 Å². The molecular weight excluding hydrogens is 343 g/mol. The van der Waals surface area contributed by atoms with Crippen molar-refractivity contribution in [1.82, 2.24) is 14.5 Å². The number of halogens is 1. The molecule has 0 spiro atoms. The van der Waals surface area contributed by atoms with Gasteiger partial charge in [-0.15, -0.1) is 0 Å². The molecule has 7 nitrogen and oxygen atoms in total. The van der Waals surface area contributed by atoms with Crippen LogP contribution in [0.5, 0.6) is 0 Å². The zero-order chi connectivity index (χ0) is 12.3. The van der Waals surface area contributed by atoms with E-state index in [9.17, 15) is 4.57 Å². The van der Waals surface area contributed by atoms with E-state index < -0.39 is 7.60 Å². The Hall–Kier alpha value is -0.730. The van der Waals surface area contributed by atoms with Crippen molar-refractivity contribution in [3.05, 3.63) is 24.7 Å². The van der Waals surface area contributed by atoms with Crippen molar-refractivity contribution in [3.63, 3.8) is 0 Å². The van der Waals surface area contributed by atoms with Crippen LogP contribution in [-0.4, -0.2) is 30.4 Å². The van der Waals surface area contributed by atoms with Gasteiger partial charge in [-0.3, -0.25) is 4.57 Å². The van der Waals surface area contributed by atoms with Crippen LogP contribution in [0.15, 0.2) is 24.7 Å². The minimum atomic E-state index is -3.98. The zero-order valence-electron chi connectivity index (χ0n) is 9.05. The van der Waals surface area contributed by atoms with Gasteiger partial charge in [0.2, 0.25) is 6.20 Å².